The average Bonchev–Trinajstić information content (AvgIpc) is 2.94. The standard InChI is InChI=1S/C30H33ClF4N2O3S/c1-40-20-7-8-25-21(17-20)28(23(31)19-36-25)24(32)9-10-29(18-27(38)39)11-14-37(15-12-29)13-4-16-41-26-6-3-2-5-22(26)30(33,34)35/h2-3,5-8,17,19,24H,4,9-16,18H2,1H3,(H,38,39). The van der Waals surface area contributed by atoms with Crippen LogP contribution in [0, 0.1) is 5.41 Å². The fourth-order valence-electron chi connectivity index (χ4n) is 5.57. The van der Waals surface area contributed by atoms with Crippen LogP contribution in [0.25, 0.3) is 10.9 Å². The number of carboxylic acids is 1. The molecule has 11 heteroatoms. The quantitative estimate of drug-likeness (QED) is 0.126. The molecule has 0 radical (unpaired) electrons. The van der Waals surface area contributed by atoms with Crippen molar-refractivity contribution in [2.24, 2.45) is 5.41 Å². The highest BCUT2D eigenvalue weighted by molar-refractivity contribution is 7.99. The molecular weight excluding hydrogens is 580 g/mol. The predicted octanol–water partition coefficient (Wildman–Crippen LogP) is 8.45. The Kier molecular flexibility index (Phi) is 10.4. The fraction of sp³-hybridized carbons (Fsp3) is 0.467. The summed E-state index contributed by atoms with van der Waals surface area (Å²) in [5.74, 6) is 0.192. The number of fused-ring (bicyclic) bond motifs is 1. The first-order valence-electron chi connectivity index (χ1n) is 13.5. The lowest BCUT2D eigenvalue weighted by atomic mass is 9.71. The minimum absolute atomic E-state index is 0.0454. The van der Waals surface area contributed by atoms with Gasteiger partial charge in [-0.3, -0.25) is 9.78 Å². The Morgan fingerprint density at radius 2 is 1.95 bits per heavy atom. The van der Waals surface area contributed by atoms with E-state index < -0.39 is 29.3 Å². The fourth-order valence-corrected chi connectivity index (χ4v) is 6.85. The summed E-state index contributed by atoms with van der Waals surface area (Å²) in [7, 11) is 1.53. The highest BCUT2D eigenvalue weighted by Gasteiger charge is 2.37. The molecule has 0 amide bonds. The predicted molar refractivity (Wildman–Crippen MR) is 154 cm³/mol. The summed E-state index contributed by atoms with van der Waals surface area (Å²) in [6.45, 7) is 2.02. The second kappa shape index (κ2) is 13.6. The van der Waals surface area contributed by atoms with Gasteiger partial charge in [-0.25, -0.2) is 4.39 Å². The molecular formula is C30H33ClF4N2O3S. The number of rotatable bonds is 12. The van der Waals surface area contributed by atoms with Crippen LogP contribution >= 0.6 is 23.4 Å². The van der Waals surface area contributed by atoms with Crippen LogP contribution in [-0.2, 0) is 11.0 Å². The third-order valence-corrected chi connectivity index (χ3v) is 9.28. The molecule has 0 spiro atoms. The van der Waals surface area contributed by atoms with Gasteiger partial charge < -0.3 is 14.7 Å². The maximum absolute atomic E-state index is 15.8. The molecule has 1 aliphatic rings. The van der Waals surface area contributed by atoms with Gasteiger partial charge in [0, 0.05) is 22.0 Å². The zero-order valence-corrected chi connectivity index (χ0v) is 24.3. The molecule has 1 aromatic heterocycles. The van der Waals surface area contributed by atoms with Gasteiger partial charge in [0.2, 0.25) is 0 Å². The van der Waals surface area contributed by atoms with E-state index in [2.05, 4.69) is 9.88 Å². The molecule has 2 heterocycles. The number of pyridine rings is 1. The Labute approximate surface area is 246 Å². The molecule has 1 unspecified atom stereocenters. The maximum atomic E-state index is 15.8. The zero-order chi connectivity index (χ0) is 29.6. The topological polar surface area (TPSA) is 62.7 Å². The Hall–Kier alpha value is -2.56. The lowest BCUT2D eigenvalue weighted by molar-refractivity contribution is -0.141. The van der Waals surface area contributed by atoms with Crippen LogP contribution in [0.5, 0.6) is 5.75 Å². The highest BCUT2D eigenvalue weighted by atomic mass is 35.5. The summed E-state index contributed by atoms with van der Waals surface area (Å²) in [5.41, 5.74) is -0.225. The monoisotopic (exact) mass is 612 g/mol. The lowest BCUT2D eigenvalue weighted by Crippen LogP contribution is -2.41. The number of aromatic nitrogens is 1. The van der Waals surface area contributed by atoms with Crippen LogP contribution in [0.1, 0.15) is 55.8 Å². The van der Waals surface area contributed by atoms with Crippen molar-refractivity contribution in [3.63, 3.8) is 0 Å². The molecule has 5 nitrogen and oxygen atoms in total. The van der Waals surface area contributed by atoms with Crippen molar-refractivity contribution < 1.29 is 32.2 Å². The Bertz CT molecular complexity index is 1350. The summed E-state index contributed by atoms with van der Waals surface area (Å²) in [5, 5.41) is 10.4. The van der Waals surface area contributed by atoms with E-state index in [1.54, 1.807) is 24.3 Å². The van der Waals surface area contributed by atoms with E-state index in [1.165, 1.54) is 37.2 Å². The number of carbonyl (C=O) groups is 1. The molecule has 2 aromatic carbocycles. The van der Waals surface area contributed by atoms with E-state index >= 15 is 4.39 Å². The normalized spacial score (nSPS) is 16.5. The second-order valence-corrected chi connectivity index (χ2v) is 12.1. The molecule has 0 bridgehead atoms. The van der Waals surface area contributed by atoms with Crippen molar-refractivity contribution in [1.29, 1.82) is 0 Å². The number of halogens is 5. The van der Waals surface area contributed by atoms with Gasteiger partial charge in [-0.15, -0.1) is 11.8 Å². The molecule has 1 saturated heterocycles. The molecule has 1 N–H and O–H groups in total. The van der Waals surface area contributed by atoms with Gasteiger partial charge in [-0.05, 0) is 93.2 Å². The highest BCUT2D eigenvalue weighted by Crippen LogP contribution is 2.44. The van der Waals surface area contributed by atoms with Gasteiger partial charge >= 0.3 is 12.1 Å². The Balaban J connectivity index is 1.34. The molecule has 3 aromatic rings. The van der Waals surface area contributed by atoms with E-state index in [0.717, 1.165) is 6.07 Å². The number of alkyl halides is 4. The average molecular weight is 613 g/mol. The van der Waals surface area contributed by atoms with Crippen LogP contribution in [0.2, 0.25) is 5.02 Å². The number of likely N-dealkylation sites (tertiary alicyclic amines) is 1. The Morgan fingerprint density at radius 1 is 1.22 bits per heavy atom. The number of aliphatic carboxylic acids is 1. The van der Waals surface area contributed by atoms with Crippen LogP contribution in [0.15, 0.2) is 53.6 Å². The van der Waals surface area contributed by atoms with Crippen molar-refractivity contribution in [2.45, 2.75) is 55.8 Å². The zero-order valence-electron chi connectivity index (χ0n) is 22.7. The smallest absolute Gasteiger partial charge is 0.417 e. The van der Waals surface area contributed by atoms with Crippen molar-refractivity contribution >= 4 is 40.2 Å². The van der Waals surface area contributed by atoms with Crippen molar-refractivity contribution in [3.05, 3.63) is 64.8 Å². The maximum Gasteiger partial charge on any atom is 0.417 e. The summed E-state index contributed by atoms with van der Waals surface area (Å²) >= 11 is 7.58. The van der Waals surface area contributed by atoms with E-state index in [1.807, 2.05) is 0 Å². The van der Waals surface area contributed by atoms with Gasteiger partial charge in [-0.1, -0.05) is 23.7 Å². The van der Waals surface area contributed by atoms with Gasteiger partial charge in [0.25, 0.3) is 0 Å². The second-order valence-electron chi connectivity index (χ2n) is 10.5. The SMILES string of the molecule is COc1ccc2ncc(Cl)c(C(F)CCC3(CC(=O)O)CCN(CCCSc4ccccc4C(F)(F)F)CC3)c2c1. The number of piperidine rings is 1. The molecule has 1 atom stereocenters. The molecule has 1 aliphatic heterocycles. The number of ether oxygens (including phenoxy) is 1. The molecule has 1 fully saturated rings. The van der Waals surface area contributed by atoms with Crippen molar-refractivity contribution in [1.82, 2.24) is 9.88 Å². The third kappa shape index (κ3) is 8.05. The molecule has 41 heavy (non-hydrogen) atoms. The minimum Gasteiger partial charge on any atom is -0.497 e. The molecule has 0 saturated carbocycles. The summed E-state index contributed by atoms with van der Waals surface area (Å²) in [6.07, 6.45) is -1.97. The number of hydrogen-bond donors (Lipinski definition) is 1. The molecule has 4 rings (SSSR count). The summed E-state index contributed by atoms with van der Waals surface area (Å²) in [4.78, 5) is 18.5. The van der Waals surface area contributed by atoms with Crippen molar-refractivity contribution in [3.8, 4) is 5.75 Å². The first kappa shape index (κ1) is 31.4. The molecule has 222 valence electrons. The van der Waals surface area contributed by atoms with Crippen LogP contribution < -0.4 is 4.74 Å². The first-order chi connectivity index (χ1) is 19.5. The number of carboxylic acid groups (broad SMARTS) is 1. The van der Waals surface area contributed by atoms with Gasteiger partial charge in [0.1, 0.15) is 11.9 Å². The first-order valence-corrected chi connectivity index (χ1v) is 14.9. The van der Waals surface area contributed by atoms with E-state index in [-0.39, 0.29) is 22.8 Å². The van der Waals surface area contributed by atoms with Crippen LogP contribution in [-0.4, -0.2) is 53.5 Å². The van der Waals surface area contributed by atoms with Gasteiger partial charge in [-0.2, -0.15) is 13.2 Å². The van der Waals surface area contributed by atoms with E-state index in [9.17, 15) is 23.1 Å². The number of hydrogen-bond acceptors (Lipinski definition) is 5. The minimum atomic E-state index is -4.38. The number of thioether (sulfide) groups is 1. The summed E-state index contributed by atoms with van der Waals surface area (Å²) < 4.78 is 60.8. The van der Waals surface area contributed by atoms with Crippen molar-refractivity contribution in [2.75, 3.05) is 32.5 Å². The largest absolute Gasteiger partial charge is 0.497 e. The third-order valence-electron chi connectivity index (χ3n) is 7.82. The van der Waals surface area contributed by atoms with E-state index in [0.29, 0.717) is 73.3 Å². The van der Waals surface area contributed by atoms with Crippen LogP contribution in [0.4, 0.5) is 17.6 Å². The lowest BCUT2D eigenvalue weighted by Gasteiger charge is -2.41. The number of nitrogens with zero attached hydrogens (tertiary/aromatic N) is 2. The number of methoxy groups -OCH3 is 1. The van der Waals surface area contributed by atoms with E-state index in [4.69, 9.17) is 16.3 Å². The molecule has 0 aliphatic carbocycles. The van der Waals surface area contributed by atoms with Crippen LogP contribution in [0.3, 0.4) is 0 Å². The van der Waals surface area contributed by atoms with Gasteiger partial charge in [0.05, 0.1) is 29.6 Å². The van der Waals surface area contributed by atoms with Gasteiger partial charge in [0.15, 0.2) is 0 Å². The number of benzene rings is 2. The Morgan fingerprint density at radius 3 is 2.63 bits per heavy atom. The summed E-state index contributed by atoms with van der Waals surface area (Å²) in [6, 6.07) is 10.8.